The topological polar surface area (TPSA) is 84.6 Å². The normalized spacial score (nSPS) is 34.1. The van der Waals surface area contributed by atoms with Crippen LogP contribution in [0.25, 0.3) is 0 Å². The van der Waals surface area contributed by atoms with Gasteiger partial charge in [0.15, 0.2) is 0 Å². The molecule has 1 aliphatic rings. The summed E-state index contributed by atoms with van der Waals surface area (Å²) in [6.45, 7) is 4.21. The van der Waals surface area contributed by atoms with Crippen LogP contribution in [0.4, 0.5) is 0 Å². The van der Waals surface area contributed by atoms with Gasteiger partial charge < -0.3 is 20.9 Å². The third-order valence-electron chi connectivity index (χ3n) is 2.69. The fraction of sp³-hybridized carbons (Fsp3) is 0.889. The summed E-state index contributed by atoms with van der Waals surface area (Å²) in [5.74, 6) is -0.149. The van der Waals surface area contributed by atoms with Crippen LogP contribution in [0.15, 0.2) is 0 Å². The number of rotatable bonds is 3. The molecule has 5 heteroatoms. The van der Waals surface area contributed by atoms with Crippen molar-refractivity contribution in [1.29, 1.82) is 0 Å². The molecule has 14 heavy (non-hydrogen) atoms. The molecule has 82 valence electrons. The molecule has 3 atom stereocenters. The van der Waals surface area contributed by atoms with E-state index in [0.717, 1.165) is 0 Å². The van der Waals surface area contributed by atoms with Crippen molar-refractivity contribution in [2.45, 2.75) is 25.9 Å². The van der Waals surface area contributed by atoms with Gasteiger partial charge in [-0.05, 0) is 13.8 Å². The summed E-state index contributed by atoms with van der Waals surface area (Å²) in [5.41, 5.74) is 5.12. The van der Waals surface area contributed by atoms with Gasteiger partial charge in [-0.1, -0.05) is 0 Å². The van der Waals surface area contributed by atoms with Crippen LogP contribution in [0.3, 0.4) is 0 Å². The number of carbonyl (C=O) groups is 1. The van der Waals surface area contributed by atoms with Crippen LogP contribution >= 0.6 is 0 Å². The second-order valence-electron chi connectivity index (χ2n) is 4.10. The Morgan fingerprint density at radius 2 is 2.50 bits per heavy atom. The summed E-state index contributed by atoms with van der Waals surface area (Å²) in [5, 5.41) is 11.5. The maximum absolute atomic E-state index is 11.8. The van der Waals surface area contributed by atoms with Crippen molar-refractivity contribution >= 4 is 5.91 Å². The molecule has 0 saturated carbocycles. The van der Waals surface area contributed by atoms with Gasteiger partial charge in [0, 0.05) is 12.1 Å². The monoisotopic (exact) mass is 202 g/mol. The molecular formula is C9H18N2O3. The first-order valence-corrected chi connectivity index (χ1v) is 4.76. The maximum Gasteiger partial charge on any atom is 0.230 e. The maximum atomic E-state index is 11.8. The van der Waals surface area contributed by atoms with Gasteiger partial charge in [0.1, 0.15) is 0 Å². The Balaban J connectivity index is 2.59. The van der Waals surface area contributed by atoms with Gasteiger partial charge in [0.2, 0.25) is 5.91 Å². The quantitative estimate of drug-likeness (QED) is 0.539. The Bertz CT molecular complexity index is 222. The predicted molar refractivity (Wildman–Crippen MR) is 51.6 cm³/mol. The summed E-state index contributed by atoms with van der Waals surface area (Å²) < 4.78 is 5.16. The minimum absolute atomic E-state index is 0.0715. The first kappa shape index (κ1) is 11.4. The molecule has 0 radical (unpaired) electrons. The number of hydrogen-bond acceptors (Lipinski definition) is 4. The zero-order chi connectivity index (χ0) is 10.8. The molecule has 2 unspecified atom stereocenters. The molecule has 0 aromatic rings. The molecule has 1 amide bonds. The molecule has 0 bridgehead atoms. The molecule has 4 N–H and O–H groups in total. The van der Waals surface area contributed by atoms with E-state index in [1.807, 2.05) is 0 Å². The number of nitrogens with one attached hydrogen (secondary N) is 1. The highest BCUT2D eigenvalue weighted by Gasteiger charge is 2.44. The van der Waals surface area contributed by atoms with E-state index in [-0.39, 0.29) is 24.6 Å². The molecule has 1 fully saturated rings. The smallest absolute Gasteiger partial charge is 0.230 e. The molecule has 5 nitrogen and oxygen atoms in total. The van der Waals surface area contributed by atoms with Crippen molar-refractivity contribution in [3.63, 3.8) is 0 Å². The van der Waals surface area contributed by atoms with E-state index in [2.05, 4.69) is 5.32 Å². The summed E-state index contributed by atoms with van der Waals surface area (Å²) in [6, 6.07) is -0.513. The minimum Gasteiger partial charge on any atom is -0.394 e. The standard InChI is InChI=1S/C9H18N2O3/c1-6(3-12)11-8(13)9(2)5-14-4-7(9)10/h6-7,12H,3-5,10H2,1-2H3,(H,11,13)/t6-,7?,9?/m1/s1. The van der Waals surface area contributed by atoms with Crippen LogP contribution in [-0.4, -0.2) is 42.9 Å². The van der Waals surface area contributed by atoms with Gasteiger partial charge in [0.25, 0.3) is 0 Å². The zero-order valence-electron chi connectivity index (χ0n) is 8.62. The van der Waals surface area contributed by atoms with Crippen LogP contribution < -0.4 is 11.1 Å². The molecule has 0 aliphatic carbocycles. The Hall–Kier alpha value is -0.650. The van der Waals surface area contributed by atoms with E-state index >= 15 is 0 Å². The van der Waals surface area contributed by atoms with Crippen molar-refractivity contribution in [1.82, 2.24) is 5.32 Å². The van der Waals surface area contributed by atoms with Crippen molar-refractivity contribution < 1.29 is 14.6 Å². The van der Waals surface area contributed by atoms with E-state index in [1.54, 1.807) is 13.8 Å². The number of ether oxygens (including phenoxy) is 1. The fourth-order valence-corrected chi connectivity index (χ4v) is 1.36. The molecule has 1 heterocycles. The number of hydrogen-bond donors (Lipinski definition) is 3. The van der Waals surface area contributed by atoms with Crippen LogP contribution in [0.1, 0.15) is 13.8 Å². The first-order chi connectivity index (χ1) is 6.50. The lowest BCUT2D eigenvalue weighted by Gasteiger charge is -2.27. The summed E-state index contributed by atoms with van der Waals surface area (Å²) in [4.78, 5) is 11.8. The van der Waals surface area contributed by atoms with Crippen LogP contribution in [0.2, 0.25) is 0 Å². The highest BCUT2D eigenvalue weighted by Crippen LogP contribution is 2.27. The van der Waals surface area contributed by atoms with Gasteiger partial charge in [-0.15, -0.1) is 0 Å². The molecule has 1 rings (SSSR count). The largest absolute Gasteiger partial charge is 0.394 e. The third-order valence-corrected chi connectivity index (χ3v) is 2.69. The van der Waals surface area contributed by atoms with Gasteiger partial charge in [0.05, 0.1) is 25.2 Å². The minimum atomic E-state index is -0.663. The molecular weight excluding hydrogens is 184 g/mol. The second-order valence-corrected chi connectivity index (χ2v) is 4.10. The van der Waals surface area contributed by atoms with Crippen LogP contribution in [-0.2, 0) is 9.53 Å². The van der Waals surface area contributed by atoms with Gasteiger partial charge in [-0.3, -0.25) is 4.79 Å². The summed E-state index contributed by atoms with van der Waals surface area (Å²) >= 11 is 0. The van der Waals surface area contributed by atoms with Crippen LogP contribution in [0.5, 0.6) is 0 Å². The summed E-state index contributed by atoms with van der Waals surface area (Å²) in [7, 11) is 0. The highest BCUT2D eigenvalue weighted by atomic mass is 16.5. The van der Waals surface area contributed by atoms with E-state index in [4.69, 9.17) is 15.6 Å². The van der Waals surface area contributed by atoms with Crippen molar-refractivity contribution in [2.75, 3.05) is 19.8 Å². The molecule has 0 aromatic carbocycles. The van der Waals surface area contributed by atoms with E-state index in [0.29, 0.717) is 13.2 Å². The summed E-state index contributed by atoms with van der Waals surface area (Å²) in [6.07, 6.45) is 0. The second kappa shape index (κ2) is 4.25. The Morgan fingerprint density at radius 3 is 2.93 bits per heavy atom. The van der Waals surface area contributed by atoms with Crippen molar-refractivity contribution in [3.8, 4) is 0 Å². The SMILES string of the molecule is C[C@H](CO)NC(=O)C1(C)COCC1N. The first-order valence-electron chi connectivity index (χ1n) is 4.76. The zero-order valence-corrected chi connectivity index (χ0v) is 8.62. The van der Waals surface area contributed by atoms with Gasteiger partial charge in [-0.2, -0.15) is 0 Å². The van der Waals surface area contributed by atoms with E-state index in [9.17, 15) is 4.79 Å². The Kier molecular flexibility index (Phi) is 3.47. The number of aliphatic hydroxyl groups excluding tert-OH is 1. The lowest BCUT2D eigenvalue weighted by Crippen LogP contribution is -2.52. The molecule has 0 aromatic heterocycles. The number of carbonyl (C=O) groups excluding carboxylic acids is 1. The Labute approximate surface area is 83.6 Å². The average molecular weight is 202 g/mol. The third kappa shape index (κ3) is 2.05. The number of nitrogens with two attached hydrogens (primary N) is 1. The lowest BCUT2D eigenvalue weighted by molar-refractivity contribution is -0.131. The highest BCUT2D eigenvalue weighted by molar-refractivity contribution is 5.83. The average Bonchev–Trinajstić information content (AvgIpc) is 2.48. The van der Waals surface area contributed by atoms with Crippen molar-refractivity contribution in [3.05, 3.63) is 0 Å². The lowest BCUT2D eigenvalue weighted by atomic mass is 9.84. The molecule has 1 saturated heterocycles. The van der Waals surface area contributed by atoms with Gasteiger partial charge >= 0.3 is 0 Å². The number of aliphatic hydroxyl groups is 1. The molecule has 1 aliphatic heterocycles. The number of amides is 1. The van der Waals surface area contributed by atoms with E-state index in [1.165, 1.54) is 0 Å². The predicted octanol–water partition coefficient (Wildman–Crippen LogP) is -1.15. The molecule has 0 spiro atoms. The van der Waals surface area contributed by atoms with Crippen molar-refractivity contribution in [2.24, 2.45) is 11.1 Å². The Morgan fingerprint density at radius 1 is 1.86 bits per heavy atom. The fourth-order valence-electron chi connectivity index (χ4n) is 1.36. The van der Waals surface area contributed by atoms with Gasteiger partial charge in [-0.25, -0.2) is 0 Å². The van der Waals surface area contributed by atoms with E-state index < -0.39 is 5.41 Å². The van der Waals surface area contributed by atoms with Crippen LogP contribution in [0, 0.1) is 5.41 Å².